The lowest BCUT2D eigenvalue weighted by molar-refractivity contribution is 0.795. The molecule has 0 amide bonds. The van der Waals surface area contributed by atoms with Crippen LogP contribution >= 0.6 is 0 Å². The first-order valence-electron chi connectivity index (χ1n) is 12.7. The van der Waals surface area contributed by atoms with E-state index in [2.05, 4.69) is 122 Å². The lowest BCUT2D eigenvalue weighted by Crippen LogP contribution is -1.96. The quantitative estimate of drug-likeness (QED) is 0.246. The number of hydrogen-bond acceptors (Lipinski definition) is 2. The van der Waals surface area contributed by atoms with Gasteiger partial charge in [0.1, 0.15) is 0 Å². The molecule has 0 N–H and O–H groups in total. The molecular formula is C34H28N2. The van der Waals surface area contributed by atoms with E-state index >= 15 is 0 Å². The summed E-state index contributed by atoms with van der Waals surface area (Å²) in [7, 11) is 0. The molecule has 0 spiro atoms. The van der Waals surface area contributed by atoms with Gasteiger partial charge in [0.05, 0.1) is 11.4 Å². The number of rotatable bonds is 6. The molecule has 6 aromatic rings. The minimum absolute atomic E-state index is 0.755. The second kappa shape index (κ2) is 9.75. The first-order valence-corrected chi connectivity index (χ1v) is 12.7. The number of nitrogens with zero attached hydrogens (tertiary/aromatic N) is 2. The van der Waals surface area contributed by atoms with Crippen molar-refractivity contribution in [2.75, 3.05) is 0 Å². The van der Waals surface area contributed by atoms with Crippen molar-refractivity contribution in [1.82, 2.24) is 9.97 Å². The maximum Gasteiger partial charge on any atom is 0.160 e. The van der Waals surface area contributed by atoms with Gasteiger partial charge < -0.3 is 0 Å². The lowest BCUT2D eigenvalue weighted by atomic mass is 10.0. The summed E-state index contributed by atoms with van der Waals surface area (Å²) in [5, 5.41) is 4.88. The molecule has 5 aromatic carbocycles. The number of aryl methyl sites for hydroxylation is 1. The average molecular weight is 465 g/mol. The Morgan fingerprint density at radius 3 is 1.53 bits per heavy atom. The van der Waals surface area contributed by atoms with Crippen molar-refractivity contribution < 1.29 is 0 Å². The van der Waals surface area contributed by atoms with Gasteiger partial charge in [-0.05, 0) is 58.1 Å². The molecule has 1 heterocycles. The summed E-state index contributed by atoms with van der Waals surface area (Å²) in [6.07, 6.45) is 3.52. The molecule has 0 aliphatic rings. The molecule has 0 fully saturated rings. The Balaban J connectivity index is 1.49. The normalized spacial score (nSPS) is 11.2. The van der Waals surface area contributed by atoms with Crippen LogP contribution in [0, 0.1) is 0 Å². The number of hydrogen-bond donors (Lipinski definition) is 0. The fourth-order valence-electron chi connectivity index (χ4n) is 4.77. The van der Waals surface area contributed by atoms with E-state index in [4.69, 9.17) is 9.97 Å². The summed E-state index contributed by atoms with van der Waals surface area (Å²) in [5.74, 6) is 0.755. The summed E-state index contributed by atoms with van der Waals surface area (Å²) in [6.45, 7) is 2.23. The lowest BCUT2D eigenvalue weighted by Gasteiger charge is -2.11. The Kier molecular flexibility index (Phi) is 6.01. The van der Waals surface area contributed by atoms with Gasteiger partial charge in [-0.2, -0.15) is 0 Å². The van der Waals surface area contributed by atoms with Crippen molar-refractivity contribution in [1.29, 1.82) is 0 Å². The molecule has 0 aliphatic heterocycles. The zero-order valence-corrected chi connectivity index (χ0v) is 20.5. The SMILES string of the molecule is CCCCc1ccc(-c2nc(-c3ccc4ccccc4c3)cc(-c3ccc4ccccc4c3)n2)cc1. The summed E-state index contributed by atoms with van der Waals surface area (Å²) in [6, 6.07) is 40.9. The van der Waals surface area contributed by atoms with Gasteiger partial charge in [-0.25, -0.2) is 9.97 Å². The highest BCUT2D eigenvalue weighted by atomic mass is 14.9. The van der Waals surface area contributed by atoms with Crippen LogP contribution in [0.3, 0.4) is 0 Å². The van der Waals surface area contributed by atoms with Crippen molar-refractivity contribution in [3.63, 3.8) is 0 Å². The predicted octanol–water partition coefficient (Wildman–Crippen LogP) is 9.13. The van der Waals surface area contributed by atoms with Crippen LogP contribution in [0.4, 0.5) is 0 Å². The molecule has 36 heavy (non-hydrogen) atoms. The van der Waals surface area contributed by atoms with Crippen LogP contribution in [0.15, 0.2) is 115 Å². The third-order valence-electron chi connectivity index (χ3n) is 6.85. The highest BCUT2D eigenvalue weighted by Gasteiger charge is 2.12. The molecule has 0 saturated carbocycles. The van der Waals surface area contributed by atoms with E-state index in [0.717, 1.165) is 40.3 Å². The Morgan fingerprint density at radius 2 is 1.00 bits per heavy atom. The van der Waals surface area contributed by atoms with Gasteiger partial charge >= 0.3 is 0 Å². The van der Waals surface area contributed by atoms with Gasteiger partial charge in [-0.3, -0.25) is 0 Å². The number of unbranched alkanes of at least 4 members (excludes halogenated alkanes) is 1. The smallest absolute Gasteiger partial charge is 0.160 e. The topological polar surface area (TPSA) is 25.8 Å². The molecule has 0 unspecified atom stereocenters. The largest absolute Gasteiger partial charge is 0.228 e. The zero-order valence-electron chi connectivity index (χ0n) is 20.5. The van der Waals surface area contributed by atoms with Gasteiger partial charge in [0.15, 0.2) is 5.82 Å². The summed E-state index contributed by atoms with van der Waals surface area (Å²) < 4.78 is 0. The summed E-state index contributed by atoms with van der Waals surface area (Å²) >= 11 is 0. The average Bonchev–Trinajstić information content (AvgIpc) is 2.95. The van der Waals surface area contributed by atoms with Gasteiger partial charge in [0.25, 0.3) is 0 Å². The molecule has 6 rings (SSSR count). The Morgan fingerprint density at radius 1 is 0.500 bits per heavy atom. The van der Waals surface area contributed by atoms with Gasteiger partial charge in [0.2, 0.25) is 0 Å². The van der Waals surface area contributed by atoms with Crippen molar-refractivity contribution >= 4 is 21.5 Å². The second-order valence-corrected chi connectivity index (χ2v) is 9.39. The Bertz CT molecular complexity index is 1570. The fourth-order valence-corrected chi connectivity index (χ4v) is 4.77. The van der Waals surface area contributed by atoms with Gasteiger partial charge in [-0.15, -0.1) is 0 Å². The zero-order chi connectivity index (χ0) is 24.3. The minimum atomic E-state index is 0.755. The maximum absolute atomic E-state index is 5.05. The molecule has 174 valence electrons. The third kappa shape index (κ3) is 4.50. The van der Waals surface area contributed by atoms with E-state index in [1.807, 2.05) is 0 Å². The van der Waals surface area contributed by atoms with Crippen LogP contribution in [0.2, 0.25) is 0 Å². The highest BCUT2D eigenvalue weighted by Crippen LogP contribution is 2.31. The van der Waals surface area contributed by atoms with Gasteiger partial charge in [-0.1, -0.05) is 110 Å². The van der Waals surface area contributed by atoms with Crippen molar-refractivity contribution in [2.24, 2.45) is 0 Å². The summed E-state index contributed by atoms with van der Waals surface area (Å²) in [4.78, 5) is 10.1. The molecular weight excluding hydrogens is 436 g/mol. The number of benzene rings is 5. The molecule has 1 aromatic heterocycles. The van der Waals surface area contributed by atoms with E-state index in [1.165, 1.54) is 39.9 Å². The van der Waals surface area contributed by atoms with Crippen molar-refractivity contribution in [3.05, 3.63) is 121 Å². The molecule has 0 aliphatic carbocycles. The van der Waals surface area contributed by atoms with E-state index < -0.39 is 0 Å². The van der Waals surface area contributed by atoms with E-state index in [0.29, 0.717) is 0 Å². The van der Waals surface area contributed by atoms with Crippen LogP contribution in [-0.4, -0.2) is 9.97 Å². The maximum atomic E-state index is 5.05. The molecule has 2 heteroatoms. The van der Waals surface area contributed by atoms with Crippen molar-refractivity contribution in [3.8, 4) is 33.9 Å². The first-order chi connectivity index (χ1) is 17.8. The van der Waals surface area contributed by atoms with Crippen LogP contribution in [0.1, 0.15) is 25.3 Å². The molecule has 0 radical (unpaired) electrons. The predicted molar refractivity (Wildman–Crippen MR) is 152 cm³/mol. The van der Waals surface area contributed by atoms with E-state index in [1.54, 1.807) is 0 Å². The number of fused-ring (bicyclic) bond motifs is 2. The second-order valence-electron chi connectivity index (χ2n) is 9.39. The molecule has 2 nitrogen and oxygen atoms in total. The highest BCUT2D eigenvalue weighted by molar-refractivity contribution is 5.89. The van der Waals surface area contributed by atoms with Crippen LogP contribution in [0.5, 0.6) is 0 Å². The number of aromatic nitrogens is 2. The Hall–Kier alpha value is -4.30. The standard InChI is InChI=1S/C34H28N2/c1-2-3-8-24-13-15-27(16-14-24)34-35-32(30-19-17-25-9-4-6-11-28(25)21-30)23-33(36-34)31-20-18-26-10-5-7-12-29(26)22-31/h4-7,9-23H,2-3,8H2,1H3. The van der Waals surface area contributed by atoms with Crippen LogP contribution < -0.4 is 0 Å². The molecule has 0 atom stereocenters. The monoisotopic (exact) mass is 464 g/mol. The van der Waals surface area contributed by atoms with Crippen LogP contribution in [0.25, 0.3) is 55.4 Å². The first kappa shape index (κ1) is 22.2. The third-order valence-corrected chi connectivity index (χ3v) is 6.85. The molecule has 0 bridgehead atoms. The van der Waals surface area contributed by atoms with E-state index in [-0.39, 0.29) is 0 Å². The van der Waals surface area contributed by atoms with Crippen LogP contribution in [-0.2, 0) is 6.42 Å². The Labute approximate surface area is 212 Å². The van der Waals surface area contributed by atoms with Crippen molar-refractivity contribution in [2.45, 2.75) is 26.2 Å². The molecule has 0 saturated heterocycles. The van der Waals surface area contributed by atoms with Gasteiger partial charge in [0, 0.05) is 16.7 Å². The fraction of sp³-hybridized carbons (Fsp3) is 0.118. The summed E-state index contributed by atoms with van der Waals surface area (Å²) in [5.41, 5.74) is 6.46. The van der Waals surface area contributed by atoms with E-state index in [9.17, 15) is 0 Å². The minimum Gasteiger partial charge on any atom is -0.228 e.